The minimum atomic E-state index is -0.248. The second-order valence-corrected chi connectivity index (χ2v) is 6.99. The van der Waals surface area contributed by atoms with Crippen LogP contribution in [0.3, 0.4) is 0 Å². The van der Waals surface area contributed by atoms with E-state index >= 15 is 0 Å². The molecule has 2 unspecified atom stereocenters. The van der Waals surface area contributed by atoms with E-state index in [2.05, 4.69) is 0 Å². The summed E-state index contributed by atoms with van der Waals surface area (Å²) in [5, 5.41) is 1.06. The van der Waals surface area contributed by atoms with E-state index in [1.165, 1.54) is 17.9 Å². The van der Waals surface area contributed by atoms with Gasteiger partial charge in [-0.2, -0.15) is 23.5 Å². The maximum Gasteiger partial charge on any atom is 0.123 e. The van der Waals surface area contributed by atoms with Crippen LogP contribution < -0.4 is 5.73 Å². The summed E-state index contributed by atoms with van der Waals surface area (Å²) in [5.74, 6) is 3.19. The summed E-state index contributed by atoms with van der Waals surface area (Å²) in [6, 6.07) is 4.51. The Labute approximate surface area is 115 Å². The van der Waals surface area contributed by atoms with Crippen LogP contribution in [0.1, 0.15) is 5.56 Å². The Kier molecular flexibility index (Phi) is 5.03. The summed E-state index contributed by atoms with van der Waals surface area (Å²) in [4.78, 5) is 0. The van der Waals surface area contributed by atoms with E-state index in [0.29, 0.717) is 16.7 Å². The molecule has 1 saturated heterocycles. The number of rotatable bonds is 3. The second kappa shape index (κ2) is 6.32. The molecule has 17 heavy (non-hydrogen) atoms. The molecule has 0 aliphatic carbocycles. The average molecular weight is 292 g/mol. The molecule has 1 fully saturated rings. The van der Waals surface area contributed by atoms with Gasteiger partial charge in [0.05, 0.1) is 0 Å². The lowest BCUT2D eigenvalue weighted by Crippen LogP contribution is -2.38. The zero-order valence-electron chi connectivity index (χ0n) is 9.36. The van der Waals surface area contributed by atoms with Crippen LogP contribution in [0.5, 0.6) is 0 Å². The van der Waals surface area contributed by atoms with E-state index in [1.807, 2.05) is 23.5 Å². The van der Waals surface area contributed by atoms with Gasteiger partial charge in [-0.05, 0) is 30.2 Å². The molecule has 2 N–H and O–H groups in total. The first-order chi connectivity index (χ1) is 8.16. The largest absolute Gasteiger partial charge is 0.326 e. The summed E-state index contributed by atoms with van der Waals surface area (Å²) in [7, 11) is 0. The van der Waals surface area contributed by atoms with Crippen molar-refractivity contribution in [2.45, 2.75) is 17.7 Å². The Morgan fingerprint density at radius 3 is 3.00 bits per heavy atom. The van der Waals surface area contributed by atoms with E-state index in [9.17, 15) is 4.39 Å². The maximum atomic E-state index is 13.1. The van der Waals surface area contributed by atoms with Crippen molar-refractivity contribution in [3.05, 3.63) is 34.6 Å². The predicted molar refractivity (Wildman–Crippen MR) is 76.7 cm³/mol. The standard InChI is InChI=1S/C12H15ClFNS2/c13-10-2-1-9(14)5-8(10)6-11(15)12-7-16-3-4-17-12/h1-2,5,11-12H,3-4,6-7,15H2. The van der Waals surface area contributed by atoms with Gasteiger partial charge in [-0.1, -0.05) is 11.6 Å². The van der Waals surface area contributed by atoms with Crippen LogP contribution in [0.4, 0.5) is 4.39 Å². The summed E-state index contributed by atoms with van der Waals surface area (Å²) in [6.45, 7) is 0. The van der Waals surface area contributed by atoms with Gasteiger partial charge in [-0.25, -0.2) is 4.39 Å². The van der Waals surface area contributed by atoms with Crippen LogP contribution in [-0.4, -0.2) is 28.6 Å². The normalized spacial score (nSPS) is 22.4. The molecule has 0 saturated carbocycles. The van der Waals surface area contributed by atoms with Crippen molar-refractivity contribution in [1.29, 1.82) is 0 Å². The van der Waals surface area contributed by atoms with E-state index in [-0.39, 0.29) is 11.9 Å². The van der Waals surface area contributed by atoms with Crippen molar-refractivity contribution in [3.8, 4) is 0 Å². The Morgan fingerprint density at radius 1 is 1.47 bits per heavy atom. The van der Waals surface area contributed by atoms with Crippen LogP contribution in [0.15, 0.2) is 18.2 Å². The fourth-order valence-electron chi connectivity index (χ4n) is 1.84. The number of benzene rings is 1. The molecule has 1 heterocycles. The zero-order chi connectivity index (χ0) is 12.3. The van der Waals surface area contributed by atoms with E-state index in [1.54, 1.807) is 6.07 Å². The van der Waals surface area contributed by atoms with Crippen molar-refractivity contribution in [1.82, 2.24) is 0 Å². The first-order valence-corrected chi connectivity index (χ1v) is 8.14. The number of hydrogen-bond acceptors (Lipinski definition) is 3. The van der Waals surface area contributed by atoms with Crippen molar-refractivity contribution in [2.75, 3.05) is 17.3 Å². The number of halogens is 2. The third-order valence-corrected chi connectivity index (χ3v) is 6.09. The van der Waals surface area contributed by atoms with Crippen molar-refractivity contribution >= 4 is 35.1 Å². The van der Waals surface area contributed by atoms with Gasteiger partial charge >= 0.3 is 0 Å². The van der Waals surface area contributed by atoms with Crippen LogP contribution in [0.25, 0.3) is 0 Å². The molecular formula is C12H15ClFNS2. The summed E-state index contributed by atoms with van der Waals surface area (Å²) < 4.78 is 13.1. The van der Waals surface area contributed by atoms with Gasteiger partial charge in [0, 0.05) is 33.6 Å². The monoisotopic (exact) mass is 291 g/mol. The Bertz CT molecular complexity index is 383. The first-order valence-electron chi connectivity index (χ1n) is 5.55. The molecule has 0 aromatic heterocycles. The Hall–Kier alpha value is 0.1000. The number of thioether (sulfide) groups is 2. The molecule has 0 spiro atoms. The summed E-state index contributed by atoms with van der Waals surface area (Å²) in [6.07, 6.45) is 0.648. The molecule has 0 bridgehead atoms. The molecular weight excluding hydrogens is 277 g/mol. The molecule has 1 nitrogen and oxygen atoms in total. The van der Waals surface area contributed by atoms with Gasteiger partial charge in [0.15, 0.2) is 0 Å². The van der Waals surface area contributed by atoms with E-state index in [4.69, 9.17) is 17.3 Å². The summed E-state index contributed by atoms with van der Waals surface area (Å²) in [5.41, 5.74) is 7.00. The second-order valence-electron chi connectivity index (χ2n) is 4.09. The molecule has 1 aromatic rings. The molecule has 1 aliphatic rings. The fourth-order valence-corrected chi connectivity index (χ4v) is 4.86. The lowest BCUT2D eigenvalue weighted by molar-refractivity contribution is 0.618. The smallest absolute Gasteiger partial charge is 0.123 e. The zero-order valence-corrected chi connectivity index (χ0v) is 11.8. The Balaban J connectivity index is 2.01. The molecule has 2 rings (SSSR count). The first kappa shape index (κ1) is 13.5. The van der Waals surface area contributed by atoms with E-state index < -0.39 is 0 Å². The quantitative estimate of drug-likeness (QED) is 0.926. The topological polar surface area (TPSA) is 26.0 Å². The number of hydrogen-bond donors (Lipinski definition) is 1. The van der Waals surface area contributed by atoms with Gasteiger partial charge in [0.25, 0.3) is 0 Å². The Morgan fingerprint density at radius 2 is 2.29 bits per heavy atom. The highest BCUT2D eigenvalue weighted by molar-refractivity contribution is 8.06. The SMILES string of the molecule is NC(Cc1cc(F)ccc1Cl)C1CSCCS1. The summed E-state index contributed by atoms with van der Waals surface area (Å²) >= 11 is 9.90. The third kappa shape index (κ3) is 3.78. The van der Waals surface area contributed by atoms with Crippen LogP contribution in [0, 0.1) is 5.82 Å². The highest BCUT2D eigenvalue weighted by Gasteiger charge is 2.22. The van der Waals surface area contributed by atoms with Gasteiger partial charge in [-0.3, -0.25) is 0 Å². The minimum Gasteiger partial charge on any atom is -0.326 e. The average Bonchev–Trinajstić information content (AvgIpc) is 2.35. The molecule has 1 aliphatic heterocycles. The van der Waals surface area contributed by atoms with Gasteiger partial charge < -0.3 is 5.73 Å². The van der Waals surface area contributed by atoms with Crippen molar-refractivity contribution < 1.29 is 4.39 Å². The molecule has 1 aromatic carbocycles. The van der Waals surface area contributed by atoms with Gasteiger partial charge in [-0.15, -0.1) is 0 Å². The van der Waals surface area contributed by atoms with E-state index in [0.717, 1.165) is 17.1 Å². The van der Waals surface area contributed by atoms with Crippen LogP contribution in [-0.2, 0) is 6.42 Å². The van der Waals surface area contributed by atoms with Gasteiger partial charge in [0.2, 0.25) is 0 Å². The fraction of sp³-hybridized carbons (Fsp3) is 0.500. The number of nitrogens with two attached hydrogens (primary N) is 1. The minimum absolute atomic E-state index is 0.0482. The van der Waals surface area contributed by atoms with Crippen molar-refractivity contribution in [3.63, 3.8) is 0 Å². The molecule has 94 valence electrons. The van der Waals surface area contributed by atoms with Crippen LogP contribution >= 0.6 is 35.1 Å². The van der Waals surface area contributed by atoms with Gasteiger partial charge in [0.1, 0.15) is 5.82 Å². The lowest BCUT2D eigenvalue weighted by atomic mass is 10.0. The molecule has 0 amide bonds. The van der Waals surface area contributed by atoms with Crippen LogP contribution in [0.2, 0.25) is 5.02 Å². The predicted octanol–water partition coefficient (Wildman–Crippen LogP) is 3.20. The molecule has 5 heteroatoms. The highest BCUT2D eigenvalue weighted by Crippen LogP contribution is 2.28. The third-order valence-electron chi connectivity index (χ3n) is 2.78. The molecule has 0 radical (unpaired) electrons. The highest BCUT2D eigenvalue weighted by atomic mass is 35.5. The maximum absolute atomic E-state index is 13.1. The van der Waals surface area contributed by atoms with Crippen molar-refractivity contribution in [2.24, 2.45) is 5.73 Å². The lowest BCUT2D eigenvalue weighted by Gasteiger charge is -2.27. The molecule has 2 atom stereocenters.